The van der Waals surface area contributed by atoms with E-state index >= 15 is 0 Å². The lowest BCUT2D eigenvalue weighted by atomic mass is 10.1. The zero-order valence-corrected chi connectivity index (χ0v) is 13.0. The molecule has 0 fully saturated rings. The Morgan fingerprint density at radius 1 is 1.20 bits per heavy atom. The van der Waals surface area contributed by atoms with E-state index in [9.17, 15) is 8.42 Å². The van der Waals surface area contributed by atoms with Gasteiger partial charge in [0.05, 0.1) is 23.1 Å². The minimum atomic E-state index is -2.89. The summed E-state index contributed by atoms with van der Waals surface area (Å²) in [6.07, 6.45) is 3.09. The average molecular weight is 295 g/mol. The highest BCUT2D eigenvalue weighted by atomic mass is 32.2. The van der Waals surface area contributed by atoms with E-state index in [1.807, 2.05) is 6.33 Å². The Kier molecular flexibility index (Phi) is 4.45. The summed E-state index contributed by atoms with van der Waals surface area (Å²) in [5.74, 6) is 0.177. The third kappa shape index (κ3) is 3.80. The molecule has 0 unspecified atom stereocenters. The van der Waals surface area contributed by atoms with Crippen molar-refractivity contribution in [3.63, 3.8) is 0 Å². The number of imidazole rings is 1. The Morgan fingerprint density at radius 3 is 2.60 bits per heavy atom. The van der Waals surface area contributed by atoms with Crippen molar-refractivity contribution >= 4 is 20.9 Å². The molecule has 1 aromatic heterocycles. The smallest absolute Gasteiger partial charge is 0.148 e. The molecule has 6 heteroatoms. The summed E-state index contributed by atoms with van der Waals surface area (Å²) in [6, 6.07) is 4.24. The van der Waals surface area contributed by atoms with Crippen LogP contribution in [0.15, 0.2) is 18.5 Å². The van der Waals surface area contributed by atoms with Crippen LogP contribution in [0.4, 0.5) is 0 Å². The van der Waals surface area contributed by atoms with Gasteiger partial charge in [0.2, 0.25) is 0 Å². The van der Waals surface area contributed by atoms with Gasteiger partial charge in [-0.2, -0.15) is 0 Å². The van der Waals surface area contributed by atoms with Gasteiger partial charge in [0.25, 0.3) is 0 Å². The Labute approximate surface area is 119 Å². The fourth-order valence-corrected chi connectivity index (χ4v) is 2.59. The van der Waals surface area contributed by atoms with Crippen molar-refractivity contribution in [2.24, 2.45) is 0 Å². The molecule has 0 aliphatic rings. The highest BCUT2D eigenvalue weighted by Gasteiger charge is 2.05. The molecule has 0 aliphatic heterocycles. The van der Waals surface area contributed by atoms with E-state index in [0.29, 0.717) is 6.54 Å². The number of fused-ring (bicyclic) bond motifs is 1. The summed E-state index contributed by atoms with van der Waals surface area (Å²) in [7, 11) is -2.89. The molecule has 2 aromatic rings. The van der Waals surface area contributed by atoms with E-state index in [2.05, 4.69) is 40.8 Å². The van der Waals surface area contributed by atoms with E-state index < -0.39 is 9.84 Å². The number of hydrogen-bond acceptors (Lipinski definition) is 4. The van der Waals surface area contributed by atoms with Gasteiger partial charge in [-0.3, -0.25) is 0 Å². The maximum Gasteiger partial charge on any atom is 0.148 e. The Morgan fingerprint density at radius 2 is 1.90 bits per heavy atom. The second-order valence-electron chi connectivity index (χ2n) is 5.24. The van der Waals surface area contributed by atoms with Gasteiger partial charge in [-0.1, -0.05) is 0 Å². The van der Waals surface area contributed by atoms with Crippen LogP contribution in [-0.4, -0.2) is 43.1 Å². The molecule has 0 bridgehead atoms. The number of rotatable bonds is 6. The molecule has 5 nitrogen and oxygen atoms in total. The first-order valence-electron chi connectivity index (χ1n) is 6.67. The number of benzene rings is 1. The van der Waals surface area contributed by atoms with Crippen LogP contribution in [0.2, 0.25) is 0 Å². The van der Waals surface area contributed by atoms with Gasteiger partial charge in [0.15, 0.2) is 0 Å². The molecule has 0 amide bonds. The molecule has 0 radical (unpaired) electrons. The summed E-state index contributed by atoms with van der Waals surface area (Å²) in [5.41, 5.74) is 4.63. The summed E-state index contributed by atoms with van der Waals surface area (Å²) in [4.78, 5) is 4.40. The van der Waals surface area contributed by atoms with E-state index in [1.165, 1.54) is 17.4 Å². The standard InChI is InChI=1S/C14H21N3O2S/c1-11-8-13-14(9-12(11)2)17(10-16-13)6-4-15-5-7-20(3,18)19/h8-10,15H,4-7H2,1-3H3. The van der Waals surface area contributed by atoms with E-state index in [0.717, 1.165) is 24.1 Å². The molecule has 0 atom stereocenters. The second-order valence-corrected chi connectivity index (χ2v) is 7.50. The average Bonchev–Trinajstić information content (AvgIpc) is 2.71. The molecule has 1 aromatic carbocycles. The van der Waals surface area contributed by atoms with Crippen LogP contribution < -0.4 is 5.32 Å². The van der Waals surface area contributed by atoms with Gasteiger partial charge < -0.3 is 9.88 Å². The quantitative estimate of drug-likeness (QED) is 0.816. The van der Waals surface area contributed by atoms with Crippen molar-refractivity contribution in [1.82, 2.24) is 14.9 Å². The summed E-state index contributed by atoms with van der Waals surface area (Å²) in [5, 5.41) is 3.14. The Hall–Kier alpha value is -1.40. The fraction of sp³-hybridized carbons (Fsp3) is 0.500. The van der Waals surface area contributed by atoms with E-state index in [1.54, 1.807) is 0 Å². The highest BCUT2D eigenvalue weighted by molar-refractivity contribution is 7.90. The van der Waals surface area contributed by atoms with Crippen LogP contribution in [0, 0.1) is 13.8 Å². The lowest BCUT2D eigenvalue weighted by molar-refractivity contribution is 0.589. The SMILES string of the molecule is Cc1cc2ncn(CCNCCS(C)(=O)=O)c2cc1C. The fourth-order valence-electron chi connectivity index (χ4n) is 2.07. The molecule has 0 aliphatic carbocycles. The van der Waals surface area contributed by atoms with Crippen molar-refractivity contribution in [1.29, 1.82) is 0 Å². The number of hydrogen-bond donors (Lipinski definition) is 1. The highest BCUT2D eigenvalue weighted by Crippen LogP contribution is 2.17. The largest absolute Gasteiger partial charge is 0.329 e. The minimum Gasteiger partial charge on any atom is -0.329 e. The second kappa shape index (κ2) is 5.93. The van der Waals surface area contributed by atoms with Crippen LogP contribution in [0.1, 0.15) is 11.1 Å². The van der Waals surface area contributed by atoms with Gasteiger partial charge in [-0.05, 0) is 37.1 Å². The first-order chi connectivity index (χ1) is 9.37. The number of aryl methyl sites for hydroxylation is 2. The first-order valence-corrected chi connectivity index (χ1v) is 8.73. The number of nitrogens with zero attached hydrogens (tertiary/aromatic N) is 2. The van der Waals surface area contributed by atoms with Crippen LogP contribution in [0.3, 0.4) is 0 Å². The van der Waals surface area contributed by atoms with Gasteiger partial charge in [-0.15, -0.1) is 0 Å². The maximum absolute atomic E-state index is 11.0. The normalized spacial score (nSPS) is 12.2. The van der Waals surface area contributed by atoms with Crippen LogP contribution >= 0.6 is 0 Å². The summed E-state index contributed by atoms with van der Waals surface area (Å²) in [6.45, 7) is 6.18. The third-order valence-corrected chi connectivity index (χ3v) is 4.36. The summed E-state index contributed by atoms with van der Waals surface area (Å²) < 4.78 is 24.1. The lowest BCUT2D eigenvalue weighted by Crippen LogP contribution is -2.25. The van der Waals surface area contributed by atoms with Crippen LogP contribution in [-0.2, 0) is 16.4 Å². The number of nitrogens with one attached hydrogen (secondary N) is 1. The van der Waals surface area contributed by atoms with Crippen molar-refractivity contribution in [2.45, 2.75) is 20.4 Å². The number of sulfone groups is 1. The number of aromatic nitrogens is 2. The van der Waals surface area contributed by atoms with Gasteiger partial charge in [0, 0.05) is 25.9 Å². The van der Waals surface area contributed by atoms with Gasteiger partial charge in [0.1, 0.15) is 9.84 Å². The molecular formula is C14H21N3O2S. The third-order valence-electron chi connectivity index (χ3n) is 3.42. The molecule has 2 rings (SSSR count). The molecule has 110 valence electrons. The zero-order valence-electron chi connectivity index (χ0n) is 12.2. The molecule has 20 heavy (non-hydrogen) atoms. The van der Waals surface area contributed by atoms with E-state index in [4.69, 9.17) is 0 Å². The van der Waals surface area contributed by atoms with Gasteiger partial charge >= 0.3 is 0 Å². The van der Waals surface area contributed by atoms with Crippen LogP contribution in [0.25, 0.3) is 11.0 Å². The topological polar surface area (TPSA) is 64.0 Å². The predicted molar refractivity (Wildman–Crippen MR) is 81.8 cm³/mol. The molecular weight excluding hydrogens is 274 g/mol. The predicted octanol–water partition coefficient (Wildman–Crippen LogP) is 1.29. The molecule has 0 saturated heterocycles. The monoisotopic (exact) mass is 295 g/mol. The molecule has 1 heterocycles. The molecule has 1 N–H and O–H groups in total. The van der Waals surface area contributed by atoms with Crippen molar-refractivity contribution in [3.05, 3.63) is 29.6 Å². The first kappa shape index (κ1) is 15.0. The minimum absolute atomic E-state index is 0.177. The Balaban J connectivity index is 1.95. The summed E-state index contributed by atoms with van der Waals surface area (Å²) >= 11 is 0. The van der Waals surface area contributed by atoms with E-state index in [-0.39, 0.29) is 5.75 Å². The Bertz CT molecular complexity index is 705. The van der Waals surface area contributed by atoms with Crippen molar-refractivity contribution in [2.75, 3.05) is 25.1 Å². The van der Waals surface area contributed by atoms with Gasteiger partial charge in [-0.25, -0.2) is 13.4 Å². The van der Waals surface area contributed by atoms with Crippen molar-refractivity contribution < 1.29 is 8.42 Å². The van der Waals surface area contributed by atoms with Crippen LogP contribution in [0.5, 0.6) is 0 Å². The maximum atomic E-state index is 11.0. The zero-order chi connectivity index (χ0) is 14.8. The molecule has 0 spiro atoms. The van der Waals surface area contributed by atoms with Crippen molar-refractivity contribution in [3.8, 4) is 0 Å². The molecule has 0 saturated carbocycles. The lowest BCUT2D eigenvalue weighted by Gasteiger charge is -2.07.